The Hall–Kier alpha value is -4.95. The predicted octanol–water partition coefficient (Wildman–Crippen LogP) is 3.76. The van der Waals surface area contributed by atoms with Crippen molar-refractivity contribution in [2.45, 2.75) is 103 Å². The van der Waals surface area contributed by atoms with Crippen molar-refractivity contribution in [1.82, 2.24) is 25.3 Å². The number of nitrogens with zero attached hydrogens (tertiary/aromatic N) is 3. The maximum atomic E-state index is 14.0. The highest BCUT2D eigenvalue weighted by molar-refractivity contribution is 5.96. The Morgan fingerprint density at radius 2 is 1.61 bits per heavy atom. The van der Waals surface area contributed by atoms with Gasteiger partial charge in [0.15, 0.2) is 0 Å². The number of carbonyl (C=O) groups excluding carboxylic acids is 4. The molecule has 1 aliphatic rings. The van der Waals surface area contributed by atoms with Crippen LogP contribution in [0, 0.1) is 5.92 Å². The molecule has 6 atom stereocenters. The number of allylic oxidation sites excluding steroid dienone is 1. The zero-order chi connectivity index (χ0) is 42.2. The van der Waals surface area contributed by atoms with E-state index >= 15 is 0 Å². The van der Waals surface area contributed by atoms with Crippen LogP contribution in [-0.4, -0.2) is 133 Å². The van der Waals surface area contributed by atoms with Crippen molar-refractivity contribution in [1.29, 1.82) is 0 Å². The molecule has 4 unspecified atom stereocenters. The molecular weight excluding hydrogens is 730 g/mol. The van der Waals surface area contributed by atoms with Crippen LogP contribution in [0.15, 0.2) is 65.9 Å². The fourth-order valence-electron chi connectivity index (χ4n) is 7.61. The van der Waals surface area contributed by atoms with Gasteiger partial charge in [0.25, 0.3) is 5.91 Å². The molecule has 0 spiro atoms. The summed E-state index contributed by atoms with van der Waals surface area (Å²) >= 11 is 0. The number of amides is 4. The van der Waals surface area contributed by atoms with Crippen LogP contribution >= 0.6 is 0 Å². The lowest BCUT2D eigenvalue weighted by atomic mass is 9.90. The van der Waals surface area contributed by atoms with Crippen LogP contribution in [0.3, 0.4) is 0 Å². The Kier molecular flexibility index (Phi) is 18.5. The zero-order valence-corrected chi connectivity index (χ0v) is 34.8. The van der Waals surface area contributed by atoms with Crippen LogP contribution in [0.1, 0.15) is 70.9 Å². The van der Waals surface area contributed by atoms with Gasteiger partial charge in [0, 0.05) is 47.8 Å². The first kappa shape index (κ1) is 46.4. The molecule has 2 aromatic rings. The molecule has 14 nitrogen and oxygen atoms in total. The van der Waals surface area contributed by atoms with Gasteiger partial charge in [0.05, 0.1) is 43.7 Å². The summed E-state index contributed by atoms with van der Waals surface area (Å²) in [5.41, 5.74) is 3.05. The summed E-state index contributed by atoms with van der Waals surface area (Å²) in [5.74, 6) is -2.41. The maximum Gasteiger partial charge on any atom is 0.326 e. The van der Waals surface area contributed by atoms with E-state index in [4.69, 9.17) is 9.47 Å². The Morgan fingerprint density at radius 3 is 2.19 bits per heavy atom. The highest BCUT2D eigenvalue weighted by Crippen LogP contribution is 2.28. The first-order valence-corrected chi connectivity index (χ1v) is 19.7. The molecule has 0 bridgehead atoms. The summed E-state index contributed by atoms with van der Waals surface area (Å²) in [5, 5.41) is 24.8. The minimum Gasteiger partial charge on any atom is -0.508 e. The number of aliphatic carboxylic acids is 1. The molecule has 0 aliphatic carbocycles. The van der Waals surface area contributed by atoms with Gasteiger partial charge in [-0.3, -0.25) is 19.2 Å². The molecule has 314 valence electrons. The normalized spacial score (nSPS) is 16.4. The number of likely N-dealkylation sites (tertiary alicyclic amines) is 1. The fraction of sp³-hybridized carbons (Fsp3) is 0.558. The van der Waals surface area contributed by atoms with Crippen molar-refractivity contribution in [3.8, 4) is 5.75 Å². The van der Waals surface area contributed by atoms with E-state index in [0.29, 0.717) is 44.5 Å². The number of rotatable bonds is 22. The summed E-state index contributed by atoms with van der Waals surface area (Å²) in [6.07, 6.45) is 1.30. The summed E-state index contributed by atoms with van der Waals surface area (Å²) in [6.45, 7) is 8.43. The maximum absolute atomic E-state index is 14.0. The monoisotopic (exact) mass is 793 g/mol. The number of carbonyl (C=O) groups is 5. The second-order valence-corrected chi connectivity index (χ2v) is 15.2. The molecule has 0 saturated carbocycles. The third-order valence-electron chi connectivity index (χ3n) is 10.9. The van der Waals surface area contributed by atoms with Crippen molar-refractivity contribution in [3.63, 3.8) is 0 Å². The van der Waals surface area contributed by atoms with E-state index in [2.05, 4.69) is 10.6 Å². The molecule has 1 saturated heterocycles. The molecular formula is C43H63N5O9. The van der Waals surface area contributed by atoms with Gasteiger partial charge in [-0.2, -0.15) is 0 Å². The minimum atomic E-state index is -1.14. The minimum absolute atomic E-state index is 0.0273. The summed E-state index contributed by atoms with van der Waals surface area (Å²) < 4.78 is 11.7. The highest BCUT2D eigenvalue weighted by Gasteiger charge is 2.40. The smallest absolute Gasteiger partial charge is 0.326 e. The van der Waals surface area contributed by atoms with Gasteiger partial charge >= 0.3 is 5.97 Å². The van der Waals surface area contributed by atoms with Crippen LogP contribution in [0.5, 0.6) is 5.75 Å². The molecule has 14 heteroatoms. The SMILES string of the molecule is CCC(C)C(C(CC(=O)N1CCC[C@H]1C(CC(=O)N[C@@H](Cc1ccccc1)C(=O)O)OC)OC)N(C)C(=O)CNC(=O)C(=C(C)C)N(C)CCc1ccc(O)cc1. The molecule has 1 heterocycles. The number of ether oxygens (including phenoxy) is 2. The Morgan fingerprint density at radius 1 is 0.947 bits per heavy atom. The van der Waals surface area contributed by atoms with E-state index in [1.807, 2.05) is 70.0 Å². The Labute approximate surface area is 337 Å². The van der Waals surface area contributed by atoms with E-state index in [-0.39, 0.29) is 55.2 Å². The van der Waals surface area contributed by atoms with E-state index in [1.54, 1.807) is 41.1 Å². The second-order valence-electron chi connectivity index (χ2n) is 15.2. The molecule has 0 aromatic heterocycles. The van der Waals surface area contributed by atoms with Gasteiger partial charge in [-0.05, 0) is 67.9 Å². The number of benzene rings is 2. The molecule has 1 fully saturated rings. The number of carboxylic acids is 1. The van der Waals surface area contributed by atoms with E-state index in [0.717, 1.165) is 16.7 Å². The third-order valence-corrected chi connectivity index (χ3v) is 10.9. The summed E-state index contributed by atoms with van der Waals surface area (Å²) in [6, 6.07) is 14.0. The summed E-state index contributed by atoms with van der Waals surface area (Å²) in [4.78, 5) is 71.4. The van der Waals surface area contributed by atoms with E-state index in [9.17, 15) is 34.2 Å². The number of phenols is 1. The van der Waals surface area contributed by atoms with Crippen LogP contribution in [0.2, 0.25) is 0 Å². The first-order valence-electron chi connectivity index (χ1n) is 19.7. The number of hydrogen-bond donors (Lipinski definition) is 4. The van der Waals surface area contributed by atoms with Gasteiger partial charge in [-0.25, -0.2) is 4.79 Å². The van der Waals surface area contributed by atoms with Crippen LogP contribution < -0.4 is 10.6 Å². The van der Waals surface area contributed by atoms with Crippen molar-refractivity contribution in [2.75, 3.05) is 47.9 Å². The van der Waals surface area contributed by atoms with Gasteiger partial charge in [-0.15, -0.1) is 0 Å². The average molecular weight is 794 g/mol. The molecule has 3 rings (SSSR count). The van der Waals surface area contributed by atoms with Gasteiger partial charge in [0.1, 0.15) is 17.5 Å². The van der Waals surface area contributed by atoms with E-state index in [1.165, 1.54) is 14.2 Å². The quantitative estimate of drug-likeness (QED) is 0.128. The molecule has 4 amide bonds. The van der Waals surface area contributed by atoms with Gasteiger partial charge < -0.3 is 45.0 Å². The lowest BCUT2D eigenvalue weighted by molar-refractivity contribution is -0.145. The lowest BCUT2D eigenvalue weighted by Gasteiger charge is -2.39. The molecule has 0 radical (unpaired) electrons. The number of likely N-dealkylation sites (N-methyl/N-ethyl adjacent to an activating group) is 2. The Bertz CT molecular complexity index is 1660. The largest absolute Gasteiger partial charge is 0.508 e. The lowest BCUT2D eigenvalue weighted by Crippen LogP contribution is -2.54. The van der Waals surface area contributed by atoms with Crippen LogP contribution in [0.25, 0.3) is 0 Å². The first-order chi connectivity index (χ1) is 27.1. The van der Waals surface area contributed by atoms with Crippen molar-refractivity contribution in [2.24, 2.45) is 5.92 Å². The molecule has 4 N–H and O–H groups in total. The summed E-state index contributed by atoms with van der Waals surface area (Å²) in [7, 11) is 6.48. The van der Waals surface area contributed by atoms with Crippen molar-refractivity contribution >= 4 is 29.6 Å². The molecule has 57 heavy (non-hydrogen) atoms. The second kappa shape index (κ2) is 22.7. The van der Waals surface area contributed by atoms with Crippen LogP contribution in [0.4, 0.5) is 0 Å². The molecule has 2 aromatic carbocycles. The van der Waals surface area contributed by atoms with E-state index < -0.39 is 42.2 Å². The highest BCUT2D eigenvalue weighted by atomic mass is 16.5. The third kappa shape index (κ3) is 13.6. The number of methoxy groups -OCH3 is 2. The number of hydrogen-bond acceptors (Lipinski definition) is 9. The van der Waals surface area contributed by atoms with Gasteiger partial charge in [0.2, 0.25) is 17.7 Å². The standard InChI is InChI=1S/C43H63N5O9/c1-9-29(4)41(47(6)39(52)27-44-42(53)40(28(2)3)46(5)23-21-30-17-19-32(49)20-18-30)36(57-8)26-38(51)48-22-13-16-34(48)35(56-7)25-37(50)45-33(43(54)55)24-31-14-11-10-12-15-31/h10-12,14-15,17-20,29,33-36,41,49H,9,13,16,21-27H2,1-8H3,(H,44,53)(H,45,50)(H,54,55)/t29?,33-,34-,35?,36?,41?/m0/s1. The van der Waals surface area contributed by atoms with Gasteiger partial charge in [-0.1, -0.05) is 62.7 Å². The number of phenolic OH excluding ortho intramolecular Hbond substituents is 1. The number of aromatic hydroxyl groups is 1. The Balaban J connectivity index is 1.65. The number of nitrogens with one attached hydrogen (secondary N) is 2. The average Bonchev–Trinajstić information content (AvgIpc) is 3.68. The van der Waals surface area contributed by atoms with Crippen molar-refractivity contribution in [3.05, 3.63) is 77.0 Å². The van der Waals surface area contributed by atoms with Crippen LogP contribution in [-0.2, 0) is 46.3 Å². The van der Waals surface area contributed by atoms with Crippen molar-refractivity contribution < 1.29 is 43.7 Å². The zero-order valence-electron chi connectivity index (χ0n) is 34.8. The molecule has 1 aliphatic heterocycles. The predicted molar refractivity (Wildman–Crippen MR) is 217 cm³/mol. The number of carboxylic acid groups (broad SMARTS) is 1. The topological polar surface area (TPSA) is 178 Å². The fourth-order valence-corrected chi connectivity index (χ4v) is 7.61.